The molecule has 1 N–H and O–H groups in total. The van der Waals surface area contributed by atoms with Crippen molar-refractivity contribution in [2.45, 2.75) is 31.3 Å². The van der Waals surface area contributed by atoms with Crippen LogP contribution in [0.25, 0.3) is 5.69 Å². The Bertz CT molecular complexity index is 1130. The van der Waals surface area contributed by atoms with Crippen LogP contribution in [0.15, 0.2) is 53.7 Å². The number of aromatic nitrogens is 3. The van der Waals surface area contributed by atoms with Crippen LogP contribution in [0.3, 0.4) is 0 Å². The van der Waals surface area contributed by atoms with E-state index < -0.39 is 0 Å². The quantitative estimate of drug-likeness (QED) is 0.363. The van der Waals surface area contributed by atoms with E-state index in [9.17, 15) is 9.59 Å². The fraction of sp³-hybridized carbons (Fsp3) is 0.333. The molecule has 0 atom stereocenters. The molecule has 0 spiro atoms. The summed E-state index contributed by atoms with van der Waals surface area (Å²) < 4.78 is 1.96. The third-order valence-corrected chi connectivity index (χ3v) is 6.74. The van der Waals surface area contributed by atoms with Crippen LogP contribution in [0.5, 0.6) is 0 Å². The van der Waals surface area contributed by atoms with Gasteiger partial charge in [0.05, 0.1) is 16.5 Å². The van der Waals surface area contributed by atoms with Crippen molar-refractivity contribution in [2.75, 3.05) is 30.3 Å². The second kappa shape index (κ2) is 10.9. The monoisotopic (exact) mass is 483 g/mol. The van der Waals surface area contributed by atoms with Gasteiger partial charge in [-0.25, -0.2) is 0 Å². The molecule has 1 saturated heterocycles. The van der Waals surface area contributed by atoms with Gasteiger partial charge in [0.2, 0.25) is 11.9 Å². The number of halogens is 1. The molecule has 1 aliphatic rings. The lowest BCUT2D eigenvalue weighted by molar-refractivity contribution is -0.118. The molecule has 4 rings (SSSR count). The number of nitrogens with one attached hydrogen (secondary N) is 1. The number of amides is 1. The van der Waals surface area contributed by atoms with Gasteiger partial charge in [-0.3, -0.25) is 14.2 Å². The Kier molecular flexibility index (Phi) is 7.67. The first-order valence-electron chi connectivity index (χ1n) is 11.0. The highest BCUT2D eigenvalue weighted by Crippen LogP contribution is 2.32. The third kappa shape index (κ3) is 5.75. The van der Waals surface area contributed by atoms with E-state index in [0.717, 1.165) is 49.6 Å². The molecule has 172 valence electrons. The van der Waals surface area contributed by atoms with Crippen molar-refractivity contribution in [3.63, 3.8) is 0 Å². The van der Waals surface area contributed by atoms with E-state index in [2.05, 4.69) is 20.4 Å². The van der Waals surface area contributed by atoms with E-state index in [1.807, 2.05) is 53.1 Å². The minimum absolute atomic E-state index is 0.0184. The van der Waals surface area contributed by atoms with Crippen molar-refractivity contribution in [1.29, 1.82) is 0 Å². The minimum Gasteiger partial charge on any atom is -0.356 e. The van der Waals surface area contributed by atoms with E-state index in [-0.39, 0.29) is 17.4 Å². The number of Topliss-reactive ketones (excluding diaryl/α,β-unsaturated/α-hetero) is 1. The van der Waals surface area contributed by atoms with Crippen molar-refractivity contribution in [3.8, 4) is 5.69 Å². The third-order valence-electron chi connectivity index (χ3n) is 5.49. The second-order valence-corrected chi connectivity index (χ2v) is 9.25. The van der Waals surface area contributed by atoms with Gasteiger partial charge in [-0.15, -0.1) is 10.2 Å². The first-order valence-corrected chi connectivity index (χ1v) is 12.3. The number of carbonyl (C=O) groups excluding carboxylic acids is 2. The molecular formula is C24H26ClN5O2S. The number of para-hydroxylation sites is 1. The molecule has 3 aromatic rings. The zero-order chi connectivity index (χ0) is 23.2. The summed E-state index contributed by atoms with van der Waals surface area (Å²) in [5.41, 5.74) is 2.53. The molecular weight excluding hydrogens is 458 g/mol. The maximum absolute atomic E-state index is 12.8. The summed E-state index contributed by atoms with van der Waals surface area (Å²) in [4.78, 5) is 26.0. The first-order chi connectivity index (χ1) is 16.0. The molecule has 7 nitrogen and oxygen atoms in total. The van der Waals surface area contributed by atoms with Gasteiger partial charge in [-0.1, -0.05) is 59.8 Å². The van der Waals surface area contributed by atoms with E-state index in [1.54, 1.807) is 0 Å². The largest absolute Gasteiger partial charge is 0.356 e. The molecule has 0 saturated carbocycles. The SMILES string of the molecule is CC(=O)NCCc1ccc(C(=O)CSc2nnc(N3CCCC3)n2-c2ccccc2Cl)cc1. The lowest BCUT2D eigenvalue weighted by atomic mass is 10.1. The van der Waals surface area contributed by atoms with Crippen molar-refractivity contribution in [1.82, 2.24) is 20.1 Å². The fourth-order valence-corrected chi connectivity index (χ4v) is 4.83. The minimum atomic E-state index is -0.0450. The summed E-state index contributed by atoms with van der Waals surface area (Å²) in [5, 5.41) is 12.9. The van der Waals surface area contributed by atoms with E-state index in [4.69, 9.17) is 11.6 Å². The highest BCUT2D eigenvalue weighted by molar-refractivity contribution is 7.99. The van der Waals surface area contributed by atoms with E-state index >= 15 is 0 Å². The van der Waals surface area contributed by atoms with Crippen molar-refractivity contribution in [3.05, 3.63) is 64.7 Å². The lowest BCUT2D eigenvalue weighted by Gasteiger charge is -2.19. The number of benzene rings is 2. The smallest absolute Gasteiger partial charge is 0.232 e. The normalized spacial score (nSPS) is 13.3. The first kappa shape index (κ1) is 23.3. The van der Waals surface area contributed by atoms with Gasteiger partial charge in [-0.05, 0) is 37.0 Å². The molecule has 9 heteroatoms. The van der Waals surface area contributed by atoms with Gasteiger partial charge in [0, 0.05) is 32.1 Å². The number of rotatable bonds is 9. The van der Waals surface area contributed by atoms with Gasteiger partial charge in [0.1, 0.15) is 0 Å². The summed E-state index contributed by atoms with van der Waals surface area (Å²) >= 11 is 7.86. The Hall–Kier alpha value is -2.84. The van der Waals surface area contributed by atoms with Crippen LogP contribution in [0.4, 0.5) is 5.95 Å². The summed E-state index contributed by atoms with van der Waals surface area (Å²) in [7, 11) is 0. The highest BCUT2D eigenvalue weighted by Gasteiger charge is 2.24. The molecule has 0 aliphatic carbocycles. The molecule has 2 aromatic carbocycles. The summed E-state index contributed by atoms with van der Waals surface area (Å²) in [5.74, 6) is 0.980. The van der Waals surface area contributed by atoms with Crippen LogP contribution in [0.1, 0.15) is 35.7 Å². The maximum Gasteiger partial charge on any atom is 0.232 e. The van der Waals surface area contributed by atoms with E-state index in [1.165, 1.54) is 18.7 Å². The van der Waals surface area contributed by atoms with Gasteiger partial charge in [0.15, 0.2) is 10.9 Å². The molecule has 1 fully saturated rings. The standard InChI is InChI=1S/C24H26ClN5O2S/c1-17(31)26-13-12-18-8-10-19(11-9-18)22(32)16-33-24-28-27-23(29-14-4-5-15-29)30(24)21-7-3-2-6-20(21)25/h2-3,6-11H,4-5,12-16H2,1H3,(H,26,31). The van der Waals surface area contributed by atoms with Gasteiger partial charge < -0.3 is 10.2 Å². The Morgan fingerprint density at radius 1 is 1.06 bits per heavy atom. The summed E-state index contributed by atoms with van der Waals surface area (Å²) in [6.07, 6.45) is 2.97. The van der Waals surface area contributed by atoms with Gasteiger partial charge in [0.25, 0.3) is 0 Å². The van der Waals surface area contributed by atoms with Crippen LogP contribution in [0.2, 0.25) is 5.02 Å². The van der Waals surface area contributed by atoms with Gasteiger partial charge in [-0.2, -0.15) is 0 Å². The number of carbonyl (C=O) groups is 2. The molecule has 0 unspecified atom stereocenters. The number of nitrogens with zero attached hydrogens (tertiary/aromatic N) is 4. The van der Waals surface area contributed by atoms with Crippen LogP contribution in [-0.2, 0) is 11.2 Å². The number of hydrogen-bond donors (Lipinski definition) is 1. The molecule has 33 heavy (non-hydrogen) atoms. The van der Waals surface area contributed by atoms with Crippen molar-refractivity contribution < 1.29 is 9.59 Å². The molecule has 2 heterocycles. The number of thioether (sulfide) groups is 1. The fourth-order valence-electron chi connectivity index (χ4n) is 3.78. The Labute approximate surface area is 202 Å². The average Bonchev–Trinajstić information content (AvgIpc) is 3.48. The van der Waals surface area contributed by atoms with Crippen LogP contribution >= 0.6 is 23.4 Å². The summed E-state index contributed by atoms with van der Waals surface area (Å²) in [6, 6.07) is 15.1. The molecule has 1 aromatic heterocycles. The van der Waals surface area contributed by atoms with Crippen molar-refractivity contribution in [2.24, 2.45) is 0 Å². The van der Waals surface area contributed by atoms with Gasteiger partial charge >= 0.3 is 0 Å². The summed E-state index contributed by atoms with van der Waals surface area (Å²) in [6.45, 7) is 3.94. The zero-order valence-electron chi connectivity index (χ0n) is 18.5. The van der Waals surface area contributed by atoms with Crippen LogP contribution in [0, 0.1) is 0 Å². The maximum atomic E-state index is 12.8. The number of ketones is 1. The lowest BCUT2D eigenvalue weighted by Crippen LogP contribution is -2.22. The molecule has 0 radical (unpaired) electrons. The molecule has 0 bridgehead atoms. The Morgan fingerprint density at radius 2 is 1.79 bits per heavy atom. The zero-order valence-corrected chi connectivity index (χ0v) is 20.0. The molecule has 1 aliphatic heterocycles. The predicted molar refractivity (Wildman–Crippen MR) is 132 cm³/mol. The van der Waals surface area contributed by atoms with Crippen LogP contribution < -0.4 is 10.2 Å². The average molecular weight is 484 g/mol. The number of anilines is 1. The highest BCUT2D eigenvalue weighted by atomic mass is 35.5. The number of hydrogen-bond acceptors (Lipinski definition) is 6. The second-order valence-electron chi connectivity index (χ2n) is 7.91. The Morgan fingerprint density at radius 3 is 2.48 bits per heavy atom. The van der Waals surface area contributed by atoms with Crippen LogP contribution in [-0.4, -0.2) is 51.8 Å². The Balaban J connectivity index is 1.47. The van der Waals surface area contributed by atoms with Crippen molar-refractivity contribution >= 4 is 41.0 Å². The topological polar surface area (TPSA) is 80.1 Å². The van der Waals surface area contributed by atoms with E-state index in [0.29, 0.717) is 22.3 Å². The molecule has 1 amide bonds. The predicted octanol–water partition coefficient (Wildman–Crippen LogP) is 4.17.